The molecule has 0 aliphatic heterocycles. The van der Waals surface area contributed by atoms with Crippen molar-refractivity contribution in [2.75, 3.05) is 0 Å². The van der Waals surface area contributed by atoms with Crippen LogP contribution in [-0.4, -0.2) is 14.1 Å². The van der Waals surface area contributed by atoms with E-state index in [-0.39, 0.29) is 5.56 Å². The van der Waals surface area contributed by atoms with Crippen molar-refractivity contribution in [3.05, 3.63) is 123 Å². The summed E-state index contributed by atoms with van der Waals surface area (Å²) in [4.78, 5) is 17.1. The van der Waals surface area contributed by atoms with Gasteiger partial charge in [0.2, 0.25) is 0 Å². The number of rotatable bonds is 4. The summed E-state index contributed by atoms with van der Waals surface area (Å²) in [5.74, 6) is 0. The van der Waals surface area contributed by atoms with Gasteiger partial charge < -0.3 is 14.9 Å². The van der Waals surface area contributed by atoms with Crippen LogP contribution in [0.25, 0.3) is 22.0 Å². The molecule has 0 bridgehead atoms. The fourth-order valence-corrected chi connectivity index (χ4v) is 4.80. The lowest BCUT2D eigenvalue weighted by Gasteiger charge is -2.31. The minimum absolute atomic E-state index is 0.0555. The van der Waals surface area contributed by atoms with Gasteiger partial charge in [0, 0.05) is 30.6 Å². The molecule has 5 nitrogen and oxygen atoms in total. The predicted octanol–water partition coefficient (Wildman–Crippen LogP) is 5.15. The molecular weight excluding hydrogens is 444 g/mol. The predicted molar refractivity (Wildman–Crippen MR) is 138 cm³/mol. The number of aromatic nitrogens is 3. The van der Waals surface area contributed by atoms with E-state index in [0.717, 1.165) is 44.4 Å². The molecule has 2 aromatic heterocycles. The SMILES string of the molecule is Cc1cccc(-c2cc(=O)n(C)c3ccc([C@](N)(c4ccc(Cl)cc4)c4cncn4C)cc23)c1. The minimum atomic E-state index is -0.984. The first-order chi connectivity index (χ1) is 16.3. The lowest BCUT2D eigenvalue weighted by molar-refractivity contribution is 0.596. The van der Waals surface area contributed by atoms with E-state index in [1.165, 1.54) is 0 Å². The molecule has 0 aliphatic rings. The maximum atomic E-state index is 12.8. The van der Waals surface area contributed by atoms with Gasteiger partial charge in [0.25, 0.3) is 5.56 Å². The monoisotopic (exact) mass is 468 g/mol. The van der Waals surface area contributed by atoms with Crippen LogP contribution < -0.4 is 11.3 Å². The second-order valence-corrected chi connectivity index (χ2v) is 9.20. The first-order valence-electron chi connectivity index (χ1n) is 11.0. The standard InChI is InChI=1S/C28H25ClN4O/c1-18-5-4-6-19(13-18)23-15-27(34)33(3)25-12-9-21(14-24(23)25)28(30,26-16-31-17-32(26)2)20-7-10-22(29)11-8-20/h4-17H,30H2,1-3H3/t28-/m1/s1. The molecule has 6 heteroatoms. The Morgan fingerprint density at radius 3 is 2.35 bits per heavy atom. The van der Waals surface area contributed by atoms with Gasteiger partial charge >= 0.3 is 0 Å². The second-order valence-electron chi connectivity index (χ2n) is 8.76. The molecule has 3 aromatic carbocycles. The topological polar surface area (TPSA) is 65.8 Å². The van der Waals surface area contributed by atoms with E-state index < -0.39 is 5.54 Å². The average Bonchev–Trinajstić information content (AvgIpc) is 3.27. The Morgan fingerprint density at radius 1 is 0.941 bits per heavy atom. The average molecular weight is 469 g/mol. The highest BCUT2D eigenvalue weighted by Gasteiger charge is 2.35. The highest BCUT2D eigenvalue weighted by molar-refractivity contribution is 6.30. The molecule has 2 N–H and O–H groups in total. The molecule has 0 fully saturated rings. The number of nitrogens with two attached hydrogens (primary N) is 1. The van der Waals surface area contributed by atoms with Gasteiger partial charge in [-0.2, -0.15) is 0 Å². The molecule has 170 valence electrons. The molecular formula is C28H25ClN4O. The summed E-state index contributed by atoms with van der Waals surface area (Å²) < 4.78 is 3.60. The van der Waals surface area contributed by atoms with E-state index in [1.54, 1.807) is 30.2 Å². The van der Waals surface area contributed by atoms with Crippen LogP contribution in [-0.2, 0) is 19.6 Å². The van der Waals surface area contributed by atoms with Crippen LogP contribution in [0.3, 0.4) is 0 Å². The first-order valence-corrected chi connectivity index (χ1v) is 11.4. The molecule has 2 heterocycles. The van der Waals surface area contributed by atoms with Crippen LogP contribution in [0.2, 0.25) is 5.02 Å². The Bertz CT molecular complexity index is 1580. The molecule has 1 atom stereocenters. The summed E-state index contributed by atoms with van der Waals surface area (Å²) in [5, 5.41) is 1.60. The Hall–Kier alpha value is -3.67. The normalized spacial score (nSPS) is 13.2. The van der Waals surface area contributed by atoms with Gasteiger partial charge in [-0.05, 0) is 53.4 Å². The quantitative estimate of drug-likeness (QED) is 0.396. The zero-order chi connectivity index (χ0) is 24.0. The van der Waals surface area contributed by atoms with Gasteiger partial charge in [0.05, 0.1) is 23.7 Å². The van der Waals surface area contributed by atoms with Gasteiger partial charge in [0.1, 0.15) is 5.54 Å². The number of benzene rings is 3. The molecule has 0 radical (unpaired) electrons. The Kier molecular flexibility index (Phi) is 5.39. The molecule has 0 saturated carbocycles. The van der Waals surface area contributed by atoms with E-state index >= 15 is 0 Å². The van der Waals surface area contributed by atoms with Gasteiger partial charge in [-0.25, -0.2) is 4.98 Å². The van der Waals surface area contributed by atoms with Gasteiger partial charge in [-0.15, -0.1) is 0 Å². The lowest BCUT2D eigenvalue weighted by atomic mass is 9.80. The van der Waals surface area contributed by atoms with Crippen LogP contribution in [0.4, 0.5) is 0 Å². The molecule has 0 unspecified atom stereocenters. The second kappa shape index (κ2) is 8.28. The van der Waals surface area contributed by atoms with Crippen LogP contribution >= 0.6 is 11.6 Å². The number of imidazole rings is 1. The zero-order valence-electron chi connectivity index (χ0n) is 19.3. The van der Waals surface area contributed by atoms with E-state index in [2.05, 4.69) is 17.1 Å². The minimum Gasteiger partial charge on any atom is -0.336 e. The molecule has 5 aromatic rings. The Labute approximate surface area is 203 Å². The largest absolute Gasteiger partial charge is 0.336 e. The number of halogens is 1. The summed E-state index contributed by atoms with van der Waals surface area (Å²) in [7, 11) is 3.73. The molecule has 0 amide bonds. The fraction of sp³-hybridized carbons (Fsp3) is 0.143. The molecule has 0 spiro atoms. The number of pyridine rings is 1. The first kappa shape index (κ1) is 22.1. The van der Waals surface area contributed by atoms with Crippen molar-refractivity contribution in [3.8, 4) is 11.1 Å². The summed E-state index contributed by atoms with van der Waals surface area (Å²) in [6.07, 6.45) is 3.54. The van der Waals surface area contributed by atoms with E-state index in [9.17, 15) is 4.79 Å². The fourth-order valence-electron chi connectivity index (χ4n) is 4.67. The van der Waals surface area contributed by atoms with Crippen molar-refractivity contribution in [2.45, 2.75) is 12.5 Å². The molecule has 0 aliphatic carbocycles. The molecule has 0 saturated heterocycles. The summed E-state index contributed by atoms with van der Waals surface area (Å²) in [5.41, 5.74) is 12.7. The van der Waals surface area contributed by atoms with Crippen molar-refractivity contribution in [1.82, 2.24) is 14.1 Å². The summed E-state index contributed by atoms with van der Waals surface area (Å²) in [6, 6.07) is 23.5. The van der Waals surface area contributed by atoms with Crippen LogP contribution in [0.5, 0.6) is 0 Å². The lowest BCUT2D eigenvalue weighted by Crippen LogP contribution is -2.41. The maximum absolute atomic E-state index is 12.8. The van der Waals surface area contributed by atoms with Gasteiger partial charge in [-0.1, -0.05) is 59.6 Å². The van der Waals surface area contributed by atoms with Crippen molar-refractivity contribution in [3.63, 3.8) is 0 Å². The van der Waals surface area contributed by atoms with Crippen molar-refractivity contribution >= 4 is 22.5 Å². The molecule has 34 heavy (non-hydrogen) atoms. The summed E-state index contributed by atoms with van der Waals surface area (Å²) >= 11 is 6.18. The van der Waals surface area contributed by atoms with E-state index in [4.69, 9.17) is 17.3 Å². The van der Waals surface area contributed by atoms with Crippen molar-refractivity contribution in [1.29, 1.82) is 0 Å². The maximum Gasteiger partial charge on any atom is 0.251 e. The number of hydrogen-bond donors (Lipinski definition) is 1. The highest BCUT2D eigenvalue weighted by atomic mass is 35.5. The van der Waals surface area contributed by atoms with Crippen molar-refractivity contribution < 1.29 is 0 Å². The Morgan fingerprint density at radius 2 is 1.68 bits per heavy atom. The third-order valence-corrected chi connectivity index (χ3v) is 6.80. The van der Waals surface area contributed by atoms with E-state index in [0.29, 0.717) is 5.02 Å². The molecule has 5 rings (SSSR count). The highest BCUT2D eigenvalue weighted by Crippen LogP contribution is 2.37. The van der Waals surface area contributed by atoms with Gasteiger partial charge in [-0.3, -0.25) is 4.79 Å². The smallest absolute Gasteiger partial charge is 0.251 e. The number of fused-ring (bicyclic) bond motifs is 1. The summed E-state index contributed by atoms with van der Waals surface area (Å²) in [6.45, 7) is 2.05. The van der Waals surface area contributed by atoms with Crippen LogP contribution in [0.15, 0.2) is 90.1 Å². The third kappa shape index (κ3) is 3.54. The van der Waals surface area contributed by atoms with Gasteiger partial charge in [0.15, 0.2) is 0 Å². The Balaban J connectivity index is 1.84. The van der Waals surface area contributed by atoms with Crippen molar-refractivity contribution in [2.24, 2.45) is 19.8 Å². The van der Waals surface area contributed by atoms with Crippen LogP contribution in [0, 0.1) is 6.92 Å². The number of aryl methyl sites for hydroxylation is 3. The number of nitrogens with zero attached hydrogens (tertiary/aromatic N) is 3. The van der Waals surface area contributed by atoms with E-state index in [1.807, 2.05) is 73.1 Å². The van der Waals surface area contributed by atoms with Crippen LogP contribution in [0.1, 0.15) is 22.4 Å². The third-order valence-electron chi connectivity index (χ3n) is 6.55. The zero-order valence-corrected chi connectivity index (χ0v) is 20.0. The number of hydrogen-bond acceptors (Lipinski definition) is 3.